The van der Waals surface area contributed by atoms with E-state index < -0.39 is 0 Å². The monoisotopic (exact) mass is 363 g/mol. The number of nitrogens with one attached hydrogen (secondary N) is 1. The Kier molecular flexibility index (Phi) is 6.51. The highest BCUT2D eigenvalue weighted by atomic mass is 35.5. The highest BCUT2D eigenvalue weighted by Crippen LogP contribution is 2.24. The number of benzene rings is 1. The van der Waals surface area contributed by atoms with Gasteiger partial charge in [0, 0.05) is 36.7 Å². The van der Waals surface area contributed by atoms with Gasteiger partial charge in [-0.15, -0.1) is 12.4 Å². The van der Waals surface area contributed by atoms with Crippen LogP contribution in [-0.2, 0) is 0 Å². The van der Waals surface area contributed by atoms with Crippen molar-refractivity contribution in [2.45, 2.75) is 20.3 Å². The third-order valence-corrected chi connectivity index (χ3v) is 4.62. The first-order chi connectivity index (χ1) is 11.6. The van der Waals surface area contributed by atoms with E-state index in [0.29, 0.717) is 0 Å². The summed E-state index contributed by atoms with van der Waals surface area (Å²) in [5, 5.41) is 3.34. The van der Waals surface area contributed by atoms with Crippen molar-refractivity contribution in [2.24, 2.45) is 0 Å². The topological polar surface area (TPSA) is 46.5 Å². The van der Waals surface area contributed by atoms with Gasteiger partial charge in [-0.1, -0.05) is 0 Å². The normalized spacial score (nSPS) is 14.6. The fourth-order valence-corrected chi connectivity index (χ4v) is 3.33. The van der Waals surface area contributed by atoms with Crippen molar-refractivity contribution < 1.29 is 9.53 Å². The van der Waals surface area contributed by atoms with Crippen LogP contribution in [0.5, 0.6) is 5.75 Å². The molecule has 0 radical (unpaired) electrons. The fourth-order valence-electron chi connectivity index (χ4n) is 3.33. The van der Waals surface area contributed by atoms with E-state index in [9.17, 15) is 4.79 Å². The fraction of sp³-hybridized carbons (Fsp3) is 0.421. The molecule has 1 amide bonds. The van der Waals surface area contributed by atoms with Gasteiger partial charge in [0.25, 0.3) is 5.91 Å². The number of hydrogen-bond acceptors (Lipinski definition) is 3. The molecule has 25 heavy (non-hydrogen) atoms. The lowest BCUT2D eigenvalue weighted by molar-refractivity contribution is 0.0765. The lowest BCUT2D eigenvalue weighted by Gasteiger charge is -2.20. The summed E-state index contributed by atoms with van der Waals surface area (Å²) in [5.74, 6) is 0.959. The molecule has 136 valence electrons. The molecular weight excluding hydrogens is 338 g/mol. The van der Waals surface area contributed by atoms with Gasteiger partial charge in [0.15, 0.2) is 0 Å². The van der Waals surface area contributed by atoms with Crippen LogP contribution >= 0.6 is 12.4 Å². The van der Waals surface area contributed by atoms with Crippen LogP contribution in [0.25, 0.3) is 5.69 Å². The molecule has 0 atom stereocenters. The van der Waals surface area contributed by atoms with Gasteiger partial charge in [-0.05, 0) is 57.1 Å². The Balaban J connectivity index is 0.00000225. The van der Waals surface area contributed by atoms with Gasteiger partial charge in [0.1, 0.15) is 5.75 Å². The number of carbonyl (C=O) groups excluding carboxylic acids is 1. The summed E-state index contributed by atoms with van der Waals surface area (Å²) in [5.41, 5.74) is 3.89. The lowest BCUT2D eigenvalue weighted by atomic mass is 10.2. The number of aryl methyl sites for hydroxylation is 1. The van der Waals surface area contributed by atoms with Gasteiger partial charge in [-0.2, -0.15) is 0 Å². The molecule has 1 N–H and O–H groups in total. The van der Waals surface area contributed by atoms with Crippen molar-refractivity contribution >= 4 is 18.3 Å². The first-order valence-corrected chi connectivity index (χ1v) is 8.45. The predicted octanol–water partition coefficient (Wildman–Crippen LogP) is 2.96. The van der Waals surface area contributed by atoms with E-state index >= 15 is 0 Å². The summed E-state index contributed by atoms with van der Waals surface area (Å²) in [6.07, 6.45) is 1.00. The SMILES string of the molecule is COc1ccc(-n2c(C)cc(C(=O)N3CCCNCC3)c2C)cc1.Cl. The molecule has 2 heterocycles. The minimum Gasteiger partial charge on any atom is -0.497 e. The van der Waals surface area contributed by atoms with Crippen LogP contribution in [0.4, 0.5) is 0 Å². The number of carbonyl (C=O) groups is 1. The number of nitrogens with zero attached hydrogens (tertiary/aromatic N) is 2. The highest BCUT2D eigenvalue weighted by Gasteiger charge is 2.22. The summed E-state index contributed by atoms with van der Waals surface area (Å²) in [7, 11) is 1.66. The Hall–Kier alpha value is -1.98. The zero-order chi connectivity index (χ0) is 17.1. The van der Waals surface area contributed by atoms with E-state index in [1.807, 2.05) is 49.1 Å². The molecule has 1 fully saturated rings. The molecule has 0 aliphatic carbocycles. The summed E-state index contributed by atoms with van der Waals surface area (Å²) in [6.45, 7) is 7.49. The minimum atomic E-state index is 0. The second kappa shape index (κ2) is 8.41. The molecule has 3 rings (SSSR count). The molecule has 1 aliphatic heterocycles. The van der Waals surface area contributed by atoms with E-state index in [-0.39, 0.29) is 18.3 Å². The van der Waals surface area contributed by atoms with E-state index in [1.54, 1.807) is 7.11 Å². The largest absolute Gasteiger partial charge is 0.497 e. The minimum absolute atomic E-state index is 0. The maximum absolute atomic E-state index is 12.9. The van der Waals surface area contributed by atoms with E-state index in [0.717, 1.165) is 61.0 Å². The Morgan fingerprint density at radius 3 is 2.52 bits per heavy atom. The molecule has 0 saturated carbocycles. The smallest absolute Gasteiger partial charge is 0.255 e. The molecule has 1 aromatic heterocycles. The van der Waals surface area contributed by atoms with Crippen molar-refractivity contribution in [2.75, 3.05) is 33.3 Å². The number of halogens is 1. The van der Waals surface area contributed by atoms with Crippen LogP contribution in [-0.4, -0.2) is 48.7 Å². The highest BCUT2D eigenvalue weighted by molar-refractivity contribution is 5.96. The number of rotatable bonds is 3. The van der Waals surface area contributed by atoms with Crippen LogP contribution < -0.4 is 10.1 Å². The number of hydrogen-bond donors (Lipinski definition) is 1. The third kappa shape index (κ3) is 3.99. The maximum atomic E-state index is 12.9. The summed E-state index contributed by atoms with van der Waals surface area (Å²) in [6, 6.07) is 9.92. The Morgan fingerprint density at radius 1 is 1.12 bits per heavy atom. The second-order valence-electron chi connectivity index (χ2n) is 6.21. The Morgan fingerprint density at radius 2 is 1.84 bits per heavy atom. The van der Waals surface area contributed by atoms with E-state index in [2.05, 4.69) is 9.88 Å². The summed E-state index contributed by atoms with van der Waals surface area (Å²) < 4.78 is 7.35. The number of ether oxygens (including phenoxy) is 1. The van der Waals surface area contributed by atoms with Gasteiger partial charge in [-0.25, -0.2) is 0 Å². The second-order valence-corrected chi connectivity index (χ2v) is 6.21. The first-order valence-electron chi connectivity index (χ1n) is 8.45. The third-order valence-electron chi connectivity index (χ3n) is 4.62. The van der Waals surface area contributed by atoms with Crippen LogP contribution in [0.3, 0.4) is 0 Å². The molecular formula is C19H26ClN3O2. The van der Waals surface area contributed by atoms with E-state index in [4.69, 9.17) is 4.74 Å². The van der Waals surface area contributed by atoms with Crippen molar-refractivity contribution in [1.82, 2.24) is 14.8 Å². The van der Waals surface area contributed by atoms with Crippen LogP contribution in [0, 0.1) is 13.8 Å². The van der Waals surface area contributed by atoms with Crippen molar-refractivity contribution in [3.05, 3.63) is 47.3 Å². The molecule has 2 aromatic rings. The van der Waals surface area contributed by atoms with Gasteiger partial charge >= 0.3 is 0 Å². The van der Waals surface area contributed by atoms with Crippen molar-refractivity contribution in [1.29, 1.82) is 0 Å². The number of methoxy groups -OCH3 is 1. The standard InChI is InChI=1S/C19H25N3O2.ClH/c1-14-13-18(19(23)21-11-4-9-20-10-12-21)15(2)22(14)16-5-7-17(24-3)8-6-16;/h5-8,13,20H,4,9-12H2,1-3H3;1H. The zero-order valence-corrected chi connectivity index (χ0v) is 15.9. The van der Waals surface area contributed by atoms with Gasteiger partial charge in [-0.3, -0.25) is 4.79 Å². The quantitative estimate of drug-likeness (QED) is 0.912. The van der Waals surface area contributed by atoms with Gasteiger partial charge in [0.05, 0.1) is 12.7 Å². The summed E-state index contributed by atoms with van der Waals surface area (Å²) >= 11 is 0. The van der Waals surface area contributed by atoms with Crippen LogP contribution in [0.1, 0.15) is 28.2 Å². The average Bonchev–Trinajstić information content (AvgIpc) is 2.79. The summed E-state index contributed by atoms with van der Waals surface area (Å²) in [4.78, 5) is 14.9. The van der Waals surface area contributed by atoms with Crippen molar-refractivity contribution in [3.63, 3.8) is 0 Å². The molecule has 6 heteroatoms. The first kappa shape index (κ1) is 19.3. The zero-order valence-electron chi connectivity index (χ0n) is 15.0. The molecule has 0 unspecified atom stereocenters. The molecule has 0 spiro atoms. The molecule has 0 bridgehead atoms. The lowest BCUT2D eigenvalue weighted by Crippen LogP contribution is -2.34. The van der Waals surface area contributed by atoms with Crippen molar-refractivity contribution in [3.8, 4) is 11.4 Å². The molecule has 5 nitrogen and oxygen atoms in total. The molecule has 1 aromatic carbocycles. The van der Waals surface area contributed by atoms with Gasteiger partial charge < -0.3 is 19.5 Å². The van der Waals surface area contributed by atoms with Crippen LogP contribution in [0.15, 0.2) is 30.3 Å². The molecule has 1 aliphatic rings. The Bertz CT molecular complexity index is 717. The maximum Gasteiger partial charge on any atom is 0.255 e. The van der Waals surface area contributed by atoms with Crippen LogP contribution in [0.2, 0.25) is 0 Å². The molecule has 1 saturated heterocycles. The number of amides is 1. The average molecular weight is 364 g/mol. The number of aromatic nitrogens is 1. The predicted molar refractivity (Wildman–Crippen MR) is 102 cm³/mol. The van der Waals surface area contributed by atoms with E-state index in [1.165, 1.54) is 0 Å². The Labute approximate surface area is 155 Å². The van der Waals surface area contributed by atoms with Gasteiger partial charge in [0.2, 0.25) is 0 Å².